The summed E-state index contributed by atoms with van der Waals surface area (Å²) in [4.78, 5) is 15.4. The molecular formula is C14H10F3N3O. The topological polar surface area (TPSA) is 54.4 Å². The van der Waals surface area contributed by atoms with Crippen molar-refractivity contribution in [1.29, 1.82) is 0 Å². The molecule has 0 spiro atoms. The Balaban J connectivity index is 1.97. The molecule has 1 aromatic heterocycles. The first kappa shape index (κ1) is 14.7. The first-order chi connectivity index (χ1) is 9.97. The first-order valence-electron chi connectivity index (χ1n) is 5.88. The predicted molar refractivity (Wildman–Crippen MR) is 70.7 cm³/mol. The summed E-state index contributed by atoms with van der Waals surface area (Å²) in [5.74, 6) is -0.501. The summed E-state index contributed by atoms with van der Waals surface area (Å²) in [5, 5.41) is 3.66. The van der Waals surface area contributed by atoms with E-state index < -0.39 is 17.6 Å². The van der Waals surface area contributed by atoms with Gasteiger partial charge in [0.2, 0.25) is 0 Å². The second-order valence-electron chi connectivity index (χ2n) is 4.03. The average Bonchev–Trinajstić information content (AvgIpc) is 2.47. The van der Waals surface area contributed by atoms with Gasteiger partial charge in [-0.25, -0.2) is 5.43 Å². The molecular weight excluding hydrogens is 283 g/mol. The van der Waals surface area contributed by atoms with Gasteiger partial charge >= 0.3 is 6.18 Å². The van der Waals surface area contributed by atoms with Crippen LogP contribution in [0.1, 0.15) is 21.6 Å². The summed E-state index contributed by atoms with van der Waals surface area (Å²) >= 11 is 0. The van der Waals surface area contributed by atoms with E-state index in [-0.39, 0.29) is 5.69 Å². The SMILES string of the molecule is O=C(N/N=C/c1ccc(C(F)(F)F)cc1)c1ccccn1. The maximum Gasteiger partial charge on any atom is 0.416 e. The van der Waals surface area contributed by atoms with Gasteiger partial charge in [0.15, 0.2) is 0 Å². The zero-order chi connectivity index (χ0) is 15.3. The molecule has 0 radical (unpaired) electrons. The van der Waals surface area contributed by atoms with Gasteiger partial charge in [0.1, 0.15) is 5.69 Å². The zero-order valence-electron chi connectivity index (χ0n) is 10.6. The third-order valence-corrected chi connectivity index (χ3v) is 2.52. The minimum absolute atomic E-state index is 0.196. The number of hydrazone groups is 1. The summed E-state index contributed by atoms with van der Waals surface area (Å²) in [6.45, 7) is 0. The second kappa shape index (κ2) is 6.17. The quantitative estimate of drug-likeness (QED) is 0.699. The van der Waals surface area contributed by atoms with Crippen LogP contribution < -0.4 is 5.43 Å². The lowest BCUT2D eigenvalue weighted by atomic mass is 10.1. The second-order valence-corrected chi connectivity index (χ2v) is 4.03. The van der Waals surface area contributed by atoms with Crippen LogP contribution in [0.4, 0.5) is 13.2 Å². The van der Waals surface area contributed by atoms with Crippen molar-refractivity contribution in [2.24, 2.45) is 5.10 Å². The maximum absolute atomic E-state index is 12.4. The molecule has 1 amide bonds. The third kappa shape index (κ3) is 4.13. The standard InChI is InChI=1S/C14H10F3N3O/c15-14(16,17)11-6-4-10(5-7-11)9-19-20-13(21)12-3-1-2-8-18-12/h1-9H,(H,20,21)/b19-9+. The van der Waals surface area contributed by atoms with E-state index in [0.29, 0.717) is 5.56 Å². The van der Waals surface area contributed by atoms with Gasteiger partial charge < -0.3 is 0 Å². The summed E-state index contributed by atoms with van der Waals surface area (Å²) < 4.78 is 37.1. The van der Waals surface area contributed by atoms with Gasteiger partial charge in [0.25, 0.3) is 5.91 Å². The summed E-state index contributed by atoms with van der Waals surface area (Å²) in [5.41, 5.74) is 2.13. The van der Waals surface area contributed by atoms with Gasteiger partial charge in [-0.05, 0) is 29.8 Å². The number of alkyl halides is 3. The fourth-order valence-electron chi connectivity index (χ4n) is 1.48. The Bertz CT molecular complexity index is 637. The van der Waals surface area contributed by atoms with Crippen molar-refractivity contribution < 1.29 is 18.0 Å². The number of pyridine rings is 1. The number of carbonyl (C=O) groups is 1. The number of amides is 1. The minimum Gasteiger partial charge on any atom is -0.266 e. The number of benzene rings is 1. The number of hydrogen-bond donors (Lipinski definition) is 1. The number of aromatic nitrogens is 1. The highest BCUT2D eigenvalue weighted by Crippen LogP contribution is 2.28. The number of hydrogen-bond acceptors (Lipinski definition) is 3. The first-order valence-corrected chi connectivity index (χ1v) is 5.88. The van der Waals surface area contributed by atoms with Crippen LogP contribution in [0.2, 0.25) is 0 Å². The normalized spacial score (nSPS) is 11.6. The van der Waals surface area contributed by atoms with Crippen LogP contribution in [0.3, 0.4) is 0 Å². The van der Waals surface area contributed by atoms with Crippen LogP contribution in [-0.4, -0.2) is 17.1 Å². The smallest absolute Gasteiger partial charge is 0.266 e. The molecule has 7 heteroatoms. The molecule has 0 atom stereocenters. The van der Waals surface area contributed by atoms with Gasteiger partial charge in [-0.1, -0.05) is 18.2 Å². The van der Waals surface area contributed by atoms with Gasteiger partial charge in [-0.2, -0.15) is 18.3 Å². The van der Waals surface area contributed by atoms with Gasteiger partial charge in [0.05, 0.1) is 11.8 Å². The van der Waals surface area contributed by atoms with Crippen LogP contribution >= 0.6 is 0 Å². The highest BCUT2D eigenvalue weighted by atomic mass is 19.4. The molecule has 2 aromatic rings. The van der Waals surface area contributed by atoms with Crippen molar-refractivity contribution in [1.82, 2.24) is 10.4 Å². The molecule has 2 rings (SSSR count). The van der Waals surface area contributed by atoms with E-state index in [9.17, 15) is 18.0 Å². The molecule has 108 valence electrons. The highest BCUT2D eigenvalue weighted by molar-refractivity contribution is 5.93. The van der Waals surface area contributed by atoms with Crippen LogP contribution in [0.15, 0.2) is 53.8 Å². The number of rotatable bonds is 3. The number of nitrogens with one attached hydrogen (secondary N) is 1. The summed E-state index contributed by atoms with van der Waals surface area (Å²) in [6.07, 6.45) is -1.65. The highest BCUT2D eigenvalue weighted by Gasteiger charge is 2.29. The monoisotopic (exact) mass is 293 g/mol. The molecule has 0 saturated carbocycles. The van der Waals surface area contributed by atoms with Crippen LogP contribution in [0, 0.1) is 0 Å². The zero-order valence-corrected chi connectivity index (χ0v) is 10.6. The molecule has 0 fully saturated rings. The van der Waals surface area contributed by atoms with Gasteiger partial charge in [-0.3, -0.25) is 9.78 Å². The molecule has 1 heterocycles. The molecule has 4 nitrogen and oxygen atoms in total. The van der Waals surface area contributed by atoms with E-state index >= 15 is 0 Å². The van der Waals surface area contributed by atoms with Gasteiger partial charge in [-0.15, -0.1) is 0 Å². The van der Waals surface area contributed by atoms with Crippen molar-refractivity contribution in [3.63, 3.8) is 0 Å². The van der Waals surface area contributed by atoms with E-state index in [2.05, 4.69) is 15.5 Å². The lowest BCUT2D eigenvalue weighted by Gasteiger charge is -2.05. The van der Waals surface area contributed by atoms with Crippen molar-refractivity contribution >= 4 is 12.1 Å². The van der Waals surface area contributed by atoms with E-state index in [1.54, 1.807) is 12.1 Å². The molecule has 0 unspecified atom stereocenters. The molecule has 1 N–H and O–H groups in total. The third-order valence-electron chi connectivity index (χ3n) is 2.52. The van der Waals surface area contributed by atoms with Crippen LogP contribution in [-0.2, 0) is 6.18 Å². The lowest BCUT2D eigenvalue weighted by Crippen LogP contribution is -2.18. The number of halogens is 3. The fraction of sp³-hybridized carbons (Fsp3) is 0.0714. The molecule has 1 aromatic carbocycles. The minimum atomic E-state index is -4.37. The average molecular weight is 293 g/mol. The summed E-state index contributed by atoms with van der Waals surface area (Å²) in [7, 11) is 0. The van der Waals surface area contributed by atoms with Crippen molar-refractivity contribution in [3.8, 4) is 0 Å². The van der Waals surface area contributed by atoms with Crippen LogP contribution in [0.25, 0.3) is 0 Å². The molecule has 0 aliphatic heterocycles. The van der Waals surface area contributed by atoms with E-state index in [4.69, 9.17) is 0 Å². The largest absolute Gasteiger partial charge is 0.416 e. The predicted octanol–water partition coefficient (Wildman–Crippen LogP) is 2.86. The molecule has 21 heavy (non-hydrogen) atoms. The molecule has 0 aliphatic carbocycles. The van der Waals surface area contributed by atoms with E-state index in [1.807, 2.05) is 0 Å². The molecule has 0 aliphatic rings. The maximum atomic E-state index is 12.4. The fourth-order valence-corrected chi connectivity index (χ4v) is 1.48. The molecule has 0 saturated heterocycles. The number of carbonyl (C=O) groups excluding carboxylic acids is 1. The Morgan fingerprint density at radius 2 is 1.86 bits per heavy atom. The Hall–Kier alpha value is -2.70. The van der Waals surface area contributed by atoms with E-state index in [0.717, 1.165) is 12.1 Å². The van der Waals surface area contributed by atoms with Crippen molar-refractivity contribution in [2.75, 3.05) is 0 Å². The van der Waals surface area contributed by atoms with E-state index in [1.165, 1.54) is 30.6 Å². The summed E-state index contributed by atoms with van der Waals surface area (Å²) in [6, 6.07) is 9.26. The van der Waals surface area contributed by atoms with Crippen LogP contribution in [0.5, 0.6) is 0 Å². The Morgan fingerprint density at radius 1 is 1.14 bits per heavy atom. The Labute approximate surface area is 118 Å². The number of nitrogens with zero attached hydrogens (tertiary/aromatic N) is 2. The Kier molecular flexibility index (Phi) is 4.32. The van der Waals surface area contributed by atoms with Crippen molar-refractivity contribution in [2.45, 2.75) is 6.18 Å². The van der Waals surface area contributed by atoms with Gasteiger partial charge in [0, 0.05) is 6.20 Å². The lowest BCUT2D eigenvalue weighted by molar-refractivity contribution is -0.137. The molecule has 0 bridgehead atoms. The Morgan fingerprint density at radius 3 is 2.43 bits per heavy atom. The van der Waals surface area contributed by atoms with Crippen molar-refractivity contribution in [3.05, 3.63) is 65.5 Å².